The summed E-state index contributed by atoms with van der Waals surface area (Å²) < 4.78 is 30.8. The lowest BCUT2D eigenvalue weighted by molar-refractivity contribution is -0.173. The van der Waals surface area contributed by atoms with Crippen molar-refractivity contribution in [3.8, 4) is 0 Å². The Balaban J connectivity index is 1.33. The van der Waals surface area contributed by atoms with Crippen LogP contribution in [0.1, 0.15) is 63.4 Å². The smallest absolute Gasteiger partial charge is 0.338 e. The minimum Gasteiger partial charge on any atom is -0.456 e. The molecule has 5 aliphatic rings. The molecule has 1 aromatic rings. The Hall–Kier alpha value is -3.53. The first kappa shape index (κ1) is 33.4. The molecule has 1 spiro atoms. The summed E-state index contributed by atoms with van der Waals surface area (Å²) in [5, 5.41) is 11.9. The maximum atomic E-state index is 13.7. The van der Waals surface area contributed by atoms with Gasteiger partial charge in [-0.15, -0.1) is 0 Å². The molecule has 9 nitrogen and oxygen atoms in total. The number of allylic oxidation sites excluding steroid dienone is 3. The molecule has 47 heavy (non-hydrogen) atoms. The van der Waals surface area contributed by atoms with Crippen LogP contribution < -0.4 is 0 Å². The first-order valence-electron chi connectivity index (χ1n) is 16.8. The number of aryl methyl sites for hydroxylation is 1. The van der Waals surface area contributed by atoms with Gasteiger partial charge < -0.3 is 28.8 Å². The van der Waals surface area contributed by atoms with Gasteiger partial charge in [0.2, 0.25) is 0 Å². The van der Waals surface area contributed by atoms with Crippen LogP contribution in [0.4, 0.5) is 0 Å². The highest BCUT2D eigenvalue weighted by molar-refractivity contribution is 5.90. The minimum absolute atomic E-state index is 0.199. The number of aliphatic hydroxyl groups is 1. The highest BCUT2D eigenvalue weighted by Gasteiger charge is 2.69. The molecule has 2 heterocycles. The average molecular weight is 647 g/mol. The third-order valence-corrected chi connectivity index (χ3v) is 11.0. The quantitative estimate of drug-likeness (QED) is 0.246. The van der Waals surface area contributed by atoms with E-state index in [-0.39, 0.29) is 30.1 Å². The van der Waals surface area contributed by atoms with Crippen molar-refractivity contribution >= 4 is 17.9 Å². The van der Waals surface area contributed by atoms with Crippen LogP contribution in [0.5, 0.6) is 0 Å². The Morgan fingerprint density at radius 1 is 1.17 bits per heavy atom. The number of aliphatic hydroxyl groups excluding tert-OH is 1. The van der Waals surface area contributed by atoms with E-state index < -0.39 is 66.1 Å². The van der Waals surface area contributed by atoms with Gasteiger partial charge in [0.1, 0.15) is 30.0 Å². The topological polar surface area (TPSA) is 118 Å². The van der Waals surface area contributed by atoms with Crippen molar-refractivity contribution in [3.63, 3.8) is 0 Å². The summed E-state index contributed by atoms with van der Waals surface area (Å²) in [5.41, 5.74) is 1.92. The number of hydrogen-bond acceptors (Lipinski definition) is 9. The number of carbonyl (C=O) groups is 3. The SMILES string of the molecule is CCc1cccc(C(=O)O[C@H](C)[C@H]2OC(=O)[C@@H](OC)CC3C=C[C@H]4[C@H]5O[C@]3(/C(C)=C/[C@H]2C)[C@@H]4[C@H](O)[C@@H](C)[C@H]5OC(=O)C2=CC=CC2)c1. The molecule has 1 unspecified atom stereocenters. The summed E-state index contributed by atoms with van der Waals surface area (Å²) in [4.78, 5) is 40.0. The van der Waals surface area contributed by atoms with E-state index in [4.69, 9.17) is 23.7 Å². The maximum Gasteiger partial charge on any atom is 0.338 e. The molecule has 2 aliphatic heterocycles. The van der Waals surface area contributed by atoms with E-state index in [0.717, 1.165) is 17.6 Å². The highest BCUT2D eigenvalue weighted by Crippen LogP contribution is 2.61. The Kier molecular flexibility index (Phi) is 9.35. The average Bonchev–Trinajstić information content (AvgIpc) is 3.67. The Labute approximate surface area is 276 Å². The van der Waals surface area contributed by atoms with Gasteiger partial charge >= 0.3 is 17.9 Å². The van der Waals surface area contributed by atoms with Crippen molar-refractivity contribution < 1.29 is 43.2 Å². The zero-order valence-electron chi connectivity index (χ0n) is 28.0. The Morgan fingerprint density at radius 3 is 2.66 bits per heavy atom. The zero-order chi connectivity index (χ0) is 33.6. The monoisotopic (exact) mass is 646 g/mol. The Morgan fingerprint density at radius 2 is 1.96 bits per heavy atom. The van der Waals surface area contributed by atoms with Gasteiger partial charge in [0.25, 0.3) is 0 Å². The van der Waals surface area contributed by atoms with E-state index in [1.54, 1.807) is 19.1 Å². The predicted molar refractivity (Wildman–Crippen MR) is 173 cm³/mol. The lowest BCUT2D eigenvalue weighted by atomic mass is 9.57. The van der Waals surface area contributed by atoms with Crippen LogP contribution in [-0.2, 0) is 39.7 Å². The molecule has 0 aromatic heterocycles. The molecule has 1 saturated heterocycles. The van der Waals surface area contributed by atoms with Gasteiger partial charge in [-0.25, -0.2) is 14.4 Å². The molecule has 12 atom stereocenters. The molecular formula is C38H46O9. The second-order valence-corrected chi connectivity index (χ2v) is 13.7. The van der Waals surface area contributed by atoms with Gasteiger partial charge in [-0.3, -0.25) is 0 Å². The van der Waals surface area contributed by atoms with E-state index in [9.17, 15) is 19.5 Å². The predicted octanol–water partition coefficient (Wildman–Crippen LogP) is 5.07. The summed E-state index contributed by atoms with van der Waals surface area (Å²) in [6, 6.07) is 7.30. The molecule has 1 N–H and O–H groups in total. The van der Waals surface area contributed by atoms with Crippen molar-refractivity contribution in [3.05, 3.63) is 83.0 Å². The normalized spacial score (nSPS) is 39.2. The number of methoxy groups -OCH3 is 1. The number of cyclic esters (lactones) is 1. The van der Waals surface area contributed by atoms with Gasteiger partial charge in [-0.2, -0.15) is 0 Å². The second-order valence-electron chi connectivity index (χ2n) is 13.7. The minimum atomic E-state index is -0.985. The zero-order valence-corrected chi connectivity index (χ0v) is 28.0. The third-order valence-electron chi connectivity index (χ3n) is 11.0. The molecule has 4 bridgehead atoms. The van der Waals surface area contributed by atoms with E-state index >= 15 is 0 Å². The van der Waals surface area contributed by atoms with Gasteiger partial charge in [-0.05, 0) is 56.4 Å². The highest BCUT2D eigenvalue weighted by atomic mass is 16.6. The fourth-order valence-electron chi connectivity index (χ4n) is 8.51. The van der Waals surface area contributed by atoms with Gasteiger partial charge in [0.15, 0.2) is 6.10 Å². The number of ether oxygens (including phenoxy) is 5. The molecular weight excluding hydrogens is 600 g/mol. The van der Waals surface area contributed by atoms with Crippen LogP contribution in [0, 0.1) is 29.6 Å². The van der Waals surface area contributed by atoms with E-state index in [2.05, 4.69) is 12.2 Å². The molecule has 1 aromatic carbocycles. The van der Waals surface area contributed by atoms with Crippen molar-refractivity contribution in [1.82, 2.24) is 0 Å². The molecule has 3 aliphatic carbocycles. The third kappa shape index (κ3) is 5.80. The largest absolute Gasteiger partial charge is 0.456 e. The summed E-state index contributed by atoms with van der Waals surface area (Å²) in [6.45, 7) is 9.56. The van der Waals surface area contributed by atoms with Crippen molar-refractivity contribution in [2.24, 2.45) is 29.6 Å². The van der Waals surface area contributed by atoms with Crippen LogP contribution in [0.2, 0.25) is 0 Å². The molecule has 2 fully saturated rings. The lowest BCUT2D eigenvalue weighted by Crippen LogP contribution is -2.57. The number of esters is 3. The number of rotatable bonds is 7. The summed E-state index contributed by atoms with van der Waals surface area (Å²) in [6.07, 6.45) is 8.65. The van der Waals surface area contributed by atoms with Crippen molar-refractivity contribution in [2.45, 2.75) is 96.1 Å². The van der Waals surface area contributed by atoms with Crippen molar-refractivity contribution in [2.75, 3.05) is 7.11 Å². The standard InChI is InChI=1S/C38H46O9/c1-7-24-11-10-14-26(18-24)36(41)44-23(5)32-20(2)17-21(3)38-27(19-29(43-6)37(42)45-32)15-16-28-30(38)31(39)22(4)33(34(28)47-38)46-35(40)25-12-8-9-13-25/h8-12,14-18,20,22-23,27-34,39H,7,13,19H2,1-6H3/b21-17+/t20-,22-,23-,27?,28-,29+,30+,31-,32+,33-,34-,38+/m1/s1. The second kappa shape index (κ2) is 13.2. The molecule has 1 saturated carbocycles. The number of carbonyl (C=O) groups excluding carboxylic acids is 3. The molecule has 252 valence electrons. The van der Waals surface area contributed by atoms with Crippen LogP contribution in [0.25, 0.3) is 0 Å². The maximum absolute atomic E-state index is 13.7. The number of benzene rings is 1. The first-order valence-corrected chi connectivity index (χ1v) is 16.8. The van der Waals surface area contributed by atoms with E-state index in [1.807, 2.05) is 64.1 Å². The van der Waals surface area contributed by atoms with Crippen LogP contribution >= 0.6 is 0 Å². The molecule has 6 rings (SSSR count). The fourth-order valence-corrected chi connectivity index (χ4v) is 8.51. The fraction of sp³-hybridized carbons (Fsp3) is 0.553. The van der Waals surface area contributed by atoms with Crippen LogP contribution in [0.3, 0.4) is 0 Å². The van der Waals surface area contributed by atoms with Gasteiger partial charge in [0, 0.05) is 42.3 Å². The summed E-state index contributed by atoms with van der Waals surface area (Å²) in [7, 11) is 1.47. The van der Waals surface area contributed by atoms with Gasteiger partial charge in [0.05, 0.1) is 11.7 Å². The summed E-state index contributed by atoms with van der Waals surface area (Å²) in [5.74, 6) is -3.09. The number of hydrogen-bond donors (Lipinski definition) is 1. The first-order chi connectivity index (χ1) is 22.5. The van der Waals surface area contributed by atoms with E-state index in [0.29, 0.717) is 17.6 Å². The van der Waals surface area contributed by atoms with Crippen LogP contribution in [0.15, 0.2) is 71.9 Å². The van der Waals surface area contributed by atoms with Gasteiger partial charge in [-0.1, -0.05) is 69.4 Å². The van der Waals surface area contributed by atoms with E-state index in [1.165, 1.54) is 7.11 Å². The Bertz CT molecular complexity index is 1520. The van der Waals surface area contributed by atoms with Crippen LogP contribution in [-0.4, -0.2) is 72.3 Å². The summed E-state index contributed by atoms with van der Waals surface area (Å²) >= 11 is 0. The van der Waals surface area contributed by atoms with Crippen molar-refractivity contribution in [1.29, 1.82) is 0 Å². The molecule has 0 radical (unpaired) electrons. The lowest BCUT2D eigenvalue weighted by Gasteiger charge is -2.49. The molecule has 0 amide bonds. The molecule has 9 heteroatoms.